The first-order valence-corrected chi connectivity index (χ1v) is 8.18. The first-order chi connectivity index (χ1) is 12.2. The normalized spacial score (nSPS) is 13.6. The summed E-state index contributed by atoms with van der Waals surface area (Å²) in [5.74, 6) is 0.951. The smallest absolute Gasteiger partial charge is 0.261 e. The number of hydrogen-bond donors (Lipinski definition) is 0. The molecule has 3 aromatic rings. The van der Waals surface area contributed by atoms with Crippen LogP contribution in [0.15, 0.2) is 42.6 Å². The monoisotopic (exact) mass is 337 g/mol. The van der Waals surface area contributed by atoms with E-state index >= 15 is 0 Å². The minimum absolute atomic E-state index is 0.0918. The van der Waals surface area contributed by atoms with E-state index in [1.165, 1.54) is 0 Å². The second-order valence-electron chi connectivity index (χ2n) is 5.95. The summed E-state index contributed by atoms with van der Waals surface area (Å²) < 4.78 is 12.8. The molecule has 0 radical (unpaired) electrons. The largest absolute Gasteiger partial charge is 0.496 e. The number of amides is 1. The number of pyridine rings is 1. The molecule has 25 heavy (non-hydrogen) atoms. The van der Waals surface area contributed by atoms with Gasteiger partial charge in [0.25, 0.3) is 5.91 Å². The van der Waals surface area contributed by atoms with Crippen molar-refractivity contribution >= 4 is 11.6 Å². The zero-order valence-corrected chi connectivity index (χ0v) is 14.2. The molecule has 0 saturated carbocycles. The fraction of sp³-hybridized carbons (Fsp3) is 0.263. The molecule has 0 saturated heterocycles. The van der Waals surface area contributed by atoms with Crippen LogP contribution in [0.2, 0.25) is 0 Å². The van der Waals surface area contributed by atoms with E-state index in [4.69, 9.17) is 9.47 Å². The highest BCUT2D eigenvalue weighted by Crippen LogP contribution is 2.31. The molecular formula is C19H19N3O3. The molecule has 1 amide bonds. The number of ether oxygens (including phenoxy) is 2. The average Bonchev–Trinajstić information content (AvgIpc) is 3.04. The molecule has 0 spiro atoms. The molecule has 0 fully saturated rings. The number of carbonyl (C=O) groups is 1. The number of methoxy groups -OCH3 is 2. The van der Waals surface area contributed by atoms with Gasteiger partial charge in [-0.15, -0.1) is 0 Å². The van der Waals surface area contributed by atoms with E-state index in [1.807, 2.05) is 39.8 Å². The highest BCUT2D eigenvalue weighted by Gasteiger charge is 2.29. The van der Waals surface area contributed by atoms with Crippen LogP contribution in [0.25, 0.3) is 5.65 Å². The molecule has 0 N–H and O–H groups in total. The molecule has 1 aliphatic rings. The number of carbonyl (C=O) groups excluding carboxylic acids is 1. The van der Waals surface area contributed by atoms with Gasteiger partial charge in [0.15, 0.2) is 0 Å². The highest BCUT2D eigenvalue weighted by atomic mass is 16.5. The van der Waals surface area contributed by atoms with E-state index in [0.29, 0.717) is 30.2 Å². The first-order valence-electron chi connectivity index (χ1n) is 8.18. The number of imidazole rings is 1. The van der Waals surface area contributed by atoms with Crippen LogP contribution >= 0.6 is 0 Å². The average molecular weight is 337 g/mol. The SMILES string of the molecule is COc1cccc(OC)c1C(=O)N1CCc2nc3ccccn3c2C1. The predicted octanol–water partition coefficient (Wildman–Crippen LogP) is 2.55. The summed E-state index contributed by atoms with van der Waals surface area (Å²) in [5, 5.41) is 0. The van der Waals surface area contributed by atoms with Gasteiger partial charge >= 0.3 is 0 Å². The molecule has 4 rings (SSSR count). The molecule has 6 nitrogen and oxygen atoms in total. The van der Waals surface area contributed by atoms with Crippen molar-refractivity contribution in [3.05, 3.63) is 59.5 Å². The third-order valence-electron chi connectivity index (χ3n) is 4.60. The van der Waals surface area contributed by atoms with E-state index in [-0.39, 0.29) is 5.91 Å². The van der Waals surface area contributed by atoms with E-state index in [0.717, 1.165) is 23.5 Å². The number of rotatable bonds is 3. The Balaban J connectivity index is 1.71. The van der Waals surface area contributed by atoms with Gasteiger partial charge in [-0.2, -0.15) is 0 Å². The van der Waals surface area contributed by atoms with Gasteiger partial charge in [0.1, 0.15) is 22.7 Å². The lowest BCUT2D eigenvalue weighted by Gasteiger charge is -2.28. The second kappa shape index (κ2) is 6.12. The Hall–Kier alpha value is -3.02. The lowest BCUT2D eigenvalue weighted by molar-refractivity contribution is 0.0724. The summed E-state index contributed by atoms with van der Waals surface area (Å²) >= 11 is 0. The van der Waals surface area contributed by atoms with Gasteiger partial charge in [0.2, 0.25) is 0 Å². The maximum atomic E-state index is 13.2. The standard InChI is InChI=1S/C19H19N3O3/c1-24-15-6-5-7-16(25-2)18(15)19(23)21-11-9-13-14(12-21)22-10-4-3-8-17(22)20-13/h3-8,10H,9,11-12H2,1-2H3. The summed E-state index contributed by atoms with van der Waals surface area (Å²) in [7, 11) is 3.12. The lowest BCUT2D eigenvalue weighted by Crippen LogP contribution is -2.36. The summed E-state index contributed by atoms with van der Waals surface area (Å²) in [5.41, 5.74) is 3.49. The zero-order chi connectivity index (χ0) is 17.4. The molecule has 0 atom stereocenters. The molecular weight excluding hydrogens is 318 g/mol. The van der Waals surface area contributed by atoms with Crippen LogP contribution in [-0.4, -0.2) is 41.0 Å². The van der Waals surface area contributed by atoms with Crippen LogP contribution in [0.1, 0.15) is 21.7 Å². The third kappa shape index (κ3) is 2.50. The fourth-order valence-electron chi connectivity index (χ4n) is 3.36. The minimum atomic E-state index is -0.0918. The predicted molar refractivity (Wildman–Crippen MR) is 93.2 cm³/mol. The van der Waals surface area contributed by atoms with E-state index in [2.05, 4.69) is 4.98 Å². The molecule has 1 aliphatic heterocycles. The van der Waals surface area contributed by atoms with Gasteiger partial charge in [0.05, 0.1) is 32.2 Å². The molecule has 0 aliphatic carbocycles. The van der Waals surface area contributed by atoms with Crippen LogP contribution in [0.3, 0.4) is 0 Å². The van der Waals surface area contributed by atoms with Gasteiger partial charge in [-0.1, -0.05) is 12.1 Å². The lowest BCUT2D eigenvalue weighted by atomic mass is 10.1. The highest BCUT2D eigenvalue weighted by molar-refractivity contribution is 5.99. The first kappa shape index (κ1) is 15.5. The molecule has 128 valence electrons. The Morgan fingerprint density at radius 2 is 1.84 bits per heavy atom. The van der Waals surface area contributed by atoms with Crippen molar-refractivity contribution in [2.75, 3.05) is 20.8 Å². The van der Waals surface area contributed by atoms with Gasteiger partial charge in [-0.25, -0.2) is 4.98 Å². The van der Waals surface area contributed by atoms with Crippen molar-refractivity contribution in [1.82, 2.24) is 14.3 Å². The van der Waals surface area contributed by atoms with E-state index in [1.54, 1.807) is 26.4 Å². The van der Waals surface area contributed by atoms with Gasteiger partial charge < -0.3 is 18.8 Å². The van der Waals surface area contributed by atoms with Crippen LogP contribution in [0, 0.1) is 0 Å². The van der Waals surface area contributed by atoms with Crippen molar-refractivity contribution in [3.8, 4) is 11.5 Å². The van der Waals surface area contributed by atoms with Crippen molar-refractivity contribution < 1.29 is 14.3 Å². The zero-order valence-electron chi connectivity index (χ0n) is 14.2. The molecule has 1 aromatic carbocycles. The number of hydrogen-bond acceptors (Lipinski definition) is 4. The van der Waals surface area contributed by atoms with Gasteiger partial charge in [-0.3, -0.25) is 4.79 Å². The molecule has 3 heterocycles. The van der Waals surface area contributed by atoms with Gasteiger partial charge in [0, 0.05) is 19.2 Å². The molecule has 6 heteroatoms. The van der Waals surface area contributed by atoms with Crippen LogP contribution in [-0.2, 0) is 13.0 Å². The quantitative estimate of drug-likeness (QED) is 0.737. The second-order valence-corrected chi connectivity index (χ2v) is 5.95. The Morgan fingerprint density at radius 3 is 2.56 bits per heavy atom. The number of fused-ring (bicyclic) bond motifs is 3. The van der Waals surface area contributed by atoms with Gasteiger partial charge in [-0.05, 0) is 24.3 Å². The number of nitrogens with zero attached hydrogens (tertiary/aromatic N) is 3. The number of aromatic nitrogens is 2. The Morgan fingerprint density at radius 1 is 1.08 bits per heavy atom. The Labute approximate surface area is 145 Å². The molecule has 0 bridgehead atoms. The van der Waals surface area contributed by atoms with Crippen LogP contribution in [0.5, 0.6) is 11.5 Å². The summed E-state index contributed by atoms with van der Waals surface area (Å²) in [6.45, 7) is 1.14. The summed E-state index contributed by atoms with van der Waals surface area (Å²) in [4.78, 5) is 19.6. The van der Waals surface area contributed by atoms with Crippen molar-refractivity contribution in [2.45, 2.75) is 13.0 Å². The topological polar surface area (TPSA) is 56.1 Å². The van der Waals surface area contributed by atoms with Crippen molar-refractivity contribution in [2.24, 2.45) is 0 Å². The van der Waals surface area contributed by atoms with E-state index < -0.39 is 0 Å². The van der Waals surface area contributed by atoms with E-state index in [9.17, 15) is 4.79 Å². The minimum Gasteiger partial charge on any atom is -0.496 e. The fourth-order valence-corrected chi connectivity index (χ4v) is 3.36. The number of benzene rings is 1. The molecule has 0 unspecified atom stereocenters. The van der Waals surface area contributed by atoms with Crippen molar-refractivity contribution in [1.29, 1.82) is 0 Å². The summed E-state index contributed by atoms with van der Waals surface area (Å²) in [6, 6.07) is 11.3. The Kier molecular flexibility index (Phi) is 3.80. The Bertz CT molecular complexity index is 926. The maximum absolute atomic E-state index is 13.2. The van der Waals surface area contributed by atoms with Crippen LogP contribution in [0.4, 0.5) is 0 Å². The maximum Gasteiger partial charge on any atom is 0.261 e. The summed E-state index contributed by atoms with van der Waals surface area (Å²) in [6.07, 6.45) is 2.72. The third-order valence-corrected chi connectivity index (χ3v) is 4.60. The molecule has 2 aromatic heterocycles. The van der Waals surface area contributed by atoms with Crippen molar-refractivity contribution in [3.63, 3.8) is 0 Å². The van der Waals surface area contributed by atoms with Crippen LogP contribution < -0.4 is 9.47 Å².